The van der Waals surface area contributed by atoms with Crippen molar-refractivity contribution in [3.05, 3.63) is 29.4 Å². The lowest BCUT2D eigenvalue weighted by molar-refractivity contribution is 0.662. The molecule has 1 aromatic carbocycles. The van der Waals surface area contributed by atoms with Gasteiger partial charge in [-0.15, -0.1) is 11.8 Å². The van der Waals surface area contributed by atoms with E-state index >= 15 is 0 Å². The van der Waals surface area contributed by atoms with E-state index in [2.05, 4.69) is 15.3 Å². The number of nitrogens with one attached hydrogen (secondary N) is 1. The fraction of sp³-hybridized carbons (Fsp3) is 0.385. The molecule has 1 aliphatic rings. The first kappa shape index (κ1) is 12.2. The molecule has 1 fully saturated rings. The van der Waals surface area contributed by atoms with Crippen LogP contribution < -0.4 is 5.32 Å². The SMILES string of the molecule is Clc1nc2ccccc2nc1SC[C@H]1CCNC1. The lowest BCUT2D eigenvalue weighted by Crippen LogP contribution is -2.10. The third kappa shape index (κ3) is 2.60. The van der Waals surface area contributed by atoms with E-state index in [9.17, 15) is 0 Å². The largest absolute Gasteiger partial charge is 0.316 e. The van der Waals surface area contributed by atoms with E-state index in [0.717, 1.165) is 40.8 Å². The smallest absolute Gasteiger partial charge is 0.161 e. The molecule has 1 aliphatic heterocycles. The monoisotopic (exact) mass is 279 g/mol. The number of hydrogen-bond acceptors (Lipinski definition) is 4. The van der Waals surface area contributed by atoms with Gasteiger partial charge in [0.15, 0.2) is 5.15 Å². The first-order valence-electron chi connectivity index (χ1n) is 6.09. The number of aromatic nitrogens is 2. The second-order valence-electron chi connectivity index (χ2n) is 4.48. The van der Waals surface area contributed by atoms with Crippen LogP contribution in [0.2, 0.25) is 5.15 Å². The quantitative estimate of drug-likeness (QED) is 0.877. The minimum atomic E-state index is 0.518. The number of rotatable bonds is 3. The first-order chi connectivity index (χ1) is 8.83. The van der Waals surface area contributed by atoms with Crippen molar-refractivity contribution in [1.82, 2.24) is 15.3 Å². The highest BCUT2D eigenvalue weighted by molar-refractivity contribution is 7.99. The van der Waals surface area contributed by atoms with Crippen LogP contribution in [-0.2, 0) is 0 Å². The average Bonchev–Trinajstić information content (AvgIpc) is 2.89. The fourth-order valence-corrected chi connectivity index (χ4v) is 3.41. The maximum Gasteiger partial charge on any atom is 0.161 e. The standard InChI is InChI=1S/C13H14ClN3S/c14-12-13(18-8-9-5-6-15-7-9)17-11-4-2-1-3-10(11)16-12/h1-4,9,15H,5-8H2/t9-/m0/s1. The highest BCUT2D eigenvalue weighted by Gasteiger charge is 2.16. The van der Waals surface area contributed by atoms with Crippen molar-refractivity contribution in [2.45, 2.75) is 11.4 Å². The summed E-state index contributed by atoms with van der Waals surface area (Å²) in [4.78, 5) is 8.97. The van der Waals surface area contributed by atoms with Crippen LogP contribution in [0.3, 0.4) is 0 Å². The molecule has 1 aromatic heterocycles. The van der Waals surface area contributed by atoms with Gasteiger partial charge in [0.05, 0.1) is 11.0 Å². The molecule has 3 rings (SSSR count). The Labute approximate surface area is 115 Å². The molecule has 1 atom stereocenters. The summed E-state index contributed by atoms with van der Waals surface area (Å²) in [5, 5.41) is 4.74. The molecule has 0 amide bonds. The van der Waals surface area contributed by atoms with Crippen molar-refractivity contribution in [3.8, 4) is 0 Å². The van der Waals surface area contributed by atoms with Crippen molar-refractivity contribution in [3.63, 3.8) is 0 Å². The summed E-state index contributed by atoms with van der Waals surface area (Å²) in [5.41, 5.74) is 1.77. The lowest BCUT2D eigenvalue weighted by Gasteiger charge is -2.08. The molecule has 0 unspecified atom stereocenters. The van der Waals surface area contributed by atoms with Gasteiger partial charge in [0.25, 0.3) is 0 Å². The maximum absolute atomic E-state index is 6.18. The van der Waals surface area contributed by atoms with Crippen LogP contribution >= 0.6 is 23.4 Å². The molecule has 18 heavy (non-hydrogen) atoms. The molecule has 94 valence electrons. The summed E-state index contributed by atoms with van der Waals surface area (Å²) in [7, 11) is 0. The summed E-state index contributed by atoms with van der Waals surface area (Å²) in [6.45, 7) is 2.23. The Bertz CT molecular complexity index is 555. The third-order valence-corrected chi connectivity index (χ3v) is 4.69. The molecule has 0 radical (unpaired) electrons. The van der Waals surface area contributed by atoms with Crippen molar-refractivity contribution in [2.24, 2.45) is 5.92 Å². The Kier molecular flexibility index (Phi) is 3.68. The van der Waals surface area contributed by atoms with Crippen molar-refractivity contribution in [1.29, 1.82) is 0 Å². The molecule has 2 aromatic rings. The second kappa shape index (κ2) is 5.43. The van der Waals surface area contributed by atoms with Gasteiger partial charge in [-0.1, -0.05) is 23.7 Å². The van der Waals surface area contributed by atoms with Gasteiger partial charge in [0.1, 0.15) is 5.03 Å². The molecule has 0 bridgehead atoms. The van der Waals surface area contributed by atoms with E-state index in [1.54, 1.807) is 11.8 Å². The number of fused-ring (bicyclic) bond motifs is 1. The van der Waals surface area contributed by atoms with Gasteiger partial charge in [0.2, 0.25) is 0 Å². The third-order valence-electron chi connectivity index (χ3n) is 3.12. The van der Waals surface area contributed by atoms with Crippen LogP contribution in [0, 0.1) is 5.92 Å². The summed E-state index contributed by atoms with van der Waals surface area (Å²) in [6, 6.07) is 7.83. The Hall–Kier alpha value is -0.840. The molecule has 2 heterocycles. The number of benzene rings is 1. The highest BCUT2D eigenvalue weighted by Crippen LogP contribution is 2.28. The molecule has 1 saturated heterocycles. The van der Waals surface area contributed by atoms with Gasteiger partial charge in [-0.2, -0.15) is 0 Å². The zero-order valence-corrected chi connectivity index (χ0v) is 11.5. The maximum atomic E-state index is 6.18. The van der Waals surface area contributed by atoms with Crippen LogP contribution in [0.15, 0.2) is 29.3 Å². The zero-order valence-electron chi connectivity index (χ0n) is 9.90. The van der Waals surface area contributed by atoms with Gasteiger partial charge in [-0.05, 0) is 37.6 Å². The average molecular weight is 280 g/mol. The van der Waals surface area contributed by atoms with E-state index < -0.39 is 0 Å². The Morgan fingerprint density at radius 1 is 1.28 bits per heavy atom. The summed E-state index contributed by atoms with van der Waals surface area (Å²) < 4.78 is 0. The number of halogens is 1. The summed E-state index contributed by atoms with van der Waals surface area (Å²) in [6.07, 6.45) is 1.24. The Balaban J connectivity index is 1.80. The lowest BCUT2D eigenvalue weighted by atomic mass is 10.2. The molecule has 5 heteroatoms. The molecular formula is C13H14ClN3S. The van der Waals surface area contributed by atoms with Crippen molar-refractivity contribution < 1.29 is 0 Å². The normalized spacial score (nSPS) is 19.5. The van der Waals surface area contributed by atoms with Gasteiger partial charge < -0.3 is 5.32 Å². The molecule has 1 N–H and O–H groups in total. The number of thioether (sulfide) groups is 1. The topological polar surface area (TPSA) is 37.8 Å². The summed E-state index contributed by atoms with van der Waals surface area (Å²) >= 11 is 7.89. The van der Waals surface area contributed by atoms with Crippen LogP contribution in [0.5, 0.6) is 0 Å². The van der Waals surface area contributed by atoms with Gasteiger partial charge in [-0.3, -0.25) is 0 Å². The van der Waals surface area contributed by atoms with Gasteiger partial charge in [0, 0.05) is 5.75 Å². The Morgan fingerprint density at radius 3 is 2.78 bits per heavy atom. The van der Waals surface area contributed by atoms with E-state index in [-0.39, 0.29) is 0 Å². The molecule has 0 spiro atoms. The van der Waals surface area contributed by atoms with Gasteiger partial charge >= 0.3 is 0 Å². The fourth-order valence-electron chi connectivity index (χ4n) is 2.11. The van der Waals surface area contributed by atoms with Crippen LogP contribution in [0.4, 0.5) is 0 Å². The predicted octanol–water partition coefficient (Wildman–Crippen LogP) is 2.98. The number of nitrogens with zero attached hydrogens (tertiary/aromatic N) is 2. The number of hydrogen-bond donors (Lipinski definition) is 1. The summed E-state index contributed by atoms with van der Waals surface area (Å²) in [5.74, 6) is 1.78. The molecule has 0 saturated carbocycles. The minimum absolute atomic E-state index is 0.518. The van der Waals surface area contributed by atoms with Crippen LogP contribution in [0.1, 0.15) is 6.42 Å². The van der Waals surface area contributed by atoms with Crippen LogP contribution in [0.25, 0.3) is 11.0 Å². The van der Waals surface area contributed by atoms with E-state index in [1.807, 2.05) is 24.3 Å². The predicted molar refractivity (Wildman–Crippen MR) is 76.2 cm³/mol. The zero-order chi connectivity index (χ0) is 12.4. The first-order valence-corrected chi connectivity index (χ1v) is 7.45. The molecule has 0 aliphatic carbocycles. The van der Waals surface area contributed by atoms with Gasteiger partial charge in [-0.25, -0.2) is 9.97 Å². The van der Waals surface area contributed by atoms with E-state index in [4.69, 9.17) is 11.6 Å². The van der Waals surface area contributed by atoms with E-state index in [0.29, 0.717) is 5.15 Å². The van der Waals surface area contributed by atoms with E-state index in [1.165, 1.54) is 6.42 Å². The highest BCUT2D eigenvalue weighted by atomic mass is 35.5. The molecule has 3 nitrogen and oxygen atoms in total. The van der Waals surface area contributed by atoms with Crippen molar-refractivity contribution >= 4 is 34.4 Å². The number of para-hydroxylation sites is 2. The minimum Gasteiger partial charge on any atom is -0.316 e. The van der Waals surface area contributed by atoms with Crippen molar-refractivity contribution in [2.75, 3.05) is 18.8 Å². The second-order valence-corrected chi connectivity index (χ2v) is 5.84. The van der Waals surface area contributed by atoms with Crippen LogP contribution in [-0.4, -0.2) is 28.8 Å². The molecular weight excluding hydrogens is 266 g/mol. The Morgan fingerprint density at radius 2 is 2.06 bits per heavy atom.